The third-order valence-corrected chi connectivity index (χ3v) is 12.8. The van der Waals surface area contributed by atoms with Crippen LogP contribution in [0.4, 0.5) is 0 Å². The highest BCUT2D eigenvalue weighted by Gasteiger charge is 2.24. The first kappa shape index (κ1) is 34.1. The van der Waals surface area contributed by atoms with Crippen LogP contribution in [-0.4, -0.2) is 18.3 Å². The molecule has 0 bridgehead atoms. The largest absolute Gasteiger partial charge is 0.309 e. The second kappa shape index (κ2) is 12.8. The Hall–Kier alpha value is -8.84. The Morgan fingerprint density at radius 2 is 0.532 bits per heavy atom. The van der Waals surface area contributed by atoms with Crippen molar-refractivity contribution in [2.24, 2.45) is 0 Å². The van der Waals surface area contributed by atoms with Gasteiger partial charge in [-0.05, 0) is 84.9 Å². The van der Waals surface area contributed by atoms with Crippen molar-refractivity contribution >= 4 is 87.2 Å². The molecule has 0 fully saturated rings. The number of rotatable bonds is 4. The van der Waals surface area contributed by atoms with Crippen LogP contribution in [0.3, 0.4) is 0 Å². The molecule has 13 rings (SSSR count). The molecule has 4 heterocycles. The van der Waals surface area contributed by atoms with Gasteiger partial charge in [0.15, 0.2) is 0 Å². The Morgan fingerprint density at radius 3 is 0.855 bits per heavy atom. The average Bonchev–Trinajstić information content (AvgIpc) is 4.04. The fraction of sp³-hybridized carbons (Fsp3) is 0. The summed E-state index contributed by atoms with van der Waals surface area (Å²) in [5.41, 5.74) is 12.8. The van der Waals surface area contributed by atoms with Crippen molar-refractivity contribution in [2.75, 3.05) is 0 Å². The topological polar surface area (TPSA) is 67.3 Å². The lowest BCUT2D eigenvalue weighted by Crippen LogP contribution is -2.04. The van der Waals surface area contributed by atoms with E-state index in [4.69, 9.17) is 0 Å². The maximum absolute atomic E-state index is 11.1. The van der Waals surface area contributed by atoms with Crippen LogP contribution in [-0.2, 0) is 0 Å². The SMILES string of the molecule is N#Cc1cc(-n2c3ccccc3c3cc4c(cc32)c2ccccc2n4-c2ccccc2)c(C#N)cc1-n1c2ccccc2c2cc3c(cc21)c1ccccc1n3-c1ccccc1. The van der Waals surface area contributed by atoms with Crippen molar-refractivity contribution in [3.63, 3.8) is 0 Å². The molecule has 0 radical (unpaired) electrons. The van der Waals surface area contributed by atoms with Gasteiger partial charge in [-0.15, -0.1) is 0 Å². The van der Waals surface area contributed by atoms with Crippen molar-refractivity contribution < 1.29 is 0 Å². The smallest absolute Gasteiger partial charge is 0.101 e. The fourth-order valence-corrected chi connectivity index (χ4v) is 10.2. The number of hydrogen-bond acceptors (Lipinski definition) is 2. The molecule has 0 saturated heterocycles. The normalized spacial score (nSPS) is 11.8. The van der Waals surface area contributed by atoms with Crippen LogP contribution in [0.15, 0.2) is 194 Å². The maximum atomic E-state index is 11.1. The zero-order valence-corrected chi connectivity index (χ0v) is 33.2. The summed E-state index contributed by atoms with van der Waals surface area (Å²) in [6, 6.07) is 72.8. The number of nitriles is 2. The molecule has 0 aliphatic rings. The summed E-state index contributed by atoms with van der Waals surface area (Å²) < 4.78 is 9.02. The predicted molar refractivity (Wildman–Crippen MR) is 253 cm³/mol. The van der Waals surface area contributed by atoms with Crippen molar-refractivity contribution in [3.05, 3.63) is 205 Å². The summed E-state index contributed by atoms with van der Waals surface area (Å²) in [7, 11) is 0. The summed E-state index contributed by atoms with van der Waals surface area (Å²) in [4.78, 5) is 0. The first-order valence-corrected chi connectivity index (χ1v) is 20.7. The molecule has 286 valence electrons. The first-order chi connectivity index (χ1) is 30.7. The van der Waals surface area contributed by atoms with Crippen LogP contribution in [0, 0.1) is 22.7 Å². The minimum absolute atomic E-state index is 0.473. The fourth-order valence-electron chi connectivity index (χ4n) is 10.2. The van der Waals surface area contributed by atoms with Gasteiger partial charge in [-0.25, -0.2) is 0 Å². The van der Waals surface area contributed by atoms with Gasteiger partial charge >= 0.3 is 0 Å². The number of para-hydroxylation sites is 6. The van der Waals surface area contributed by atoms with E-state index in [0.717, 1.165) is 98.6 Å². The number of nitrogens with zero attached hydrogens (tertiary/aromatic N) is 6. The summed E-state index contributed by atoms with van der Waals surface area (Å²) in [6.45, 7) is 0. The third-order valence-electron chi connectivity index (χ3n) is 12.8. The van der Waals surface area contributed by atoms with E-state index < -0.39 is 0 Å². The monoisotopic (exact) mass is 788 g/mol. The molecule has 9 aromatic carbocycles. The Kier molecular flexibility index (Phi) is 7.05. The predicted octanol–water partition coefficient (Wildman–Crippen LogP) is 13.8. The summed E-state index contributed by atoms with van der Waals surface area (Å²) >= 11 is 0. The average molecular weight is 789 g/mol. The van der Waals surface area contributed by atoms with E-state index >= 15 is 0 Å². The van der Waals surface area contributed by atoms with Gasteiger partial charge in [-0.2, -0.15) is 10.5 Å². The molecular formula is C56H32N6. The molecular weight excluding hydrogens is 757 g/mol. The first-order valence-electron chi connectivity index (χ1n) is 20.7. The van der Waals surface area contributed by atoms with E-state index in [9.17, 15) is 10.5 Å². The van der Waals surface area contributed by atoms with E-state index in [0.29, 0.717) is 22.5 Å². The van der Waals surface area contributed by atoms with E-state index in [1.807, 2.05) is 36.4 Å². The Labute approximate surface area is 354 Å². The number of aromatic nitrogens is 4. The van der Waals surface area contributed by atoms with Crippen LogP contribution in [0.5, 0.6) is 0 Å². The zero-order chi connectivity index (χ0) is 41.1. The molecule has 0 N–H and O–H groups in total. The minimum atomic E-state index is 0.473. The Morgan fingerprint density at radius 1 is 0.258 bits per heavy atom. The van der Waals surface area contributed by atoms with Gasteiger partial charge in [0.2, 0.25) is 0 Å². The van der Waals surface area contributed by atoms with Crippen LogP contribution in [0.1, 0.15) is 11.1 Å². The standard InChI is InChI=1S/C56H32N6/c57-33-35-28-52(62-50-26-14-10-22-42(50)46-30-54-44(32-56(46)62)40-20-8-12-24-48(40)60(54)38-17-5-2-6-18-38)36(34-58)27-51(35)61-49-25-13-9-21-41(49)45-29-53-43(31-55(45)61)39-19-7-11-23-47(39)59(53)37-15-3-1-4-16-37/h1-32H. The maximum Gasteiger partial charge on any atom is 0.101 e. The third kappa shape index (κ3) is 4.61. The molecule has 0 unspecified atom stereocenters. The van der Waals surface area contributed by atoms with Gasteiger partial charge < -0.3 is 18.3 Å². The molecule has 13 aromatic rings. The van der Waals surface area contributed by atoms with Gasteiger partial charge in [0.1, 0.15) is 12.1 Å². The summed E-state index contributed by atoms with van der Waals surface area (Å²) in [6.07, 6.45) is 0. The van der Waals surface area contributed by atoms with Crippen LogP contribution in [0.2, 0.25) is 0 Å². The molecule has 6 nitrogen and oxygen atoms in total. The molecule has 0 saturated carbocycles. The quantitative estimate of drug-likeness (QED) is 0.178. The van der Waals surface area contributed by atoms with Crippen LogP contribution >= 0.6 is 0 Å². The second-order valence-corrected chi connectivity index (χ2v) is 16.0. The molecule has 62 heavy (non-hydrogen) atoms. The summed E-state index contributed by atoms with van der Waals surface area (Å²) in [5.74, 6) is 0. The van der Waals surface area contributed by atoms with Crippen molar-refractivity contribution in [1.29, 1.82) is 10.5 Å². The molecule has 6 heteroatoms. The van der Waals surface area contributed by atoms with Gasteiger partial charge in [0, 0.05) is 54.5 Å². The van der Waals surface area contributed by atoms with Crippen LogP contribution in [0.25, 0.3) is 110 Å². The molecule has 4 aromatic heterocycles. The second-order valence-electron chi connectivity index (χ2n) is 16.0. The highest BCUT2D eigenvalue weighted by atomic mass is 15.0. The van der Waals surface area contributed by atoms with E-state index in [1.165, 1.54) is 0 Å². The number of benzene rings is 9. The molecule has 0 spiro atoms. The van der Waals surface area contributed by atoms with Crippen molar-refractivity contribution in [3.8, 4) is 34.9 Å². The van der Waals surface area contributed by atoms with E-state index in [2.05, 4.69) is 188 Å². The van der Waals surface area contributed by atoms with E-state index in [-0.39, 0.29) is 0 Å². The Bertz CT molecular complexity index is 3840. The van der Waals surface area contributed by atoms with Gasteiger partial charge in [-0.3, -0.25) is 0 Å². The number of fused-ring (bicyclic) bond motifs is 12. The lowest BCUT2D eigenvalue weighted by Gasteiger charge is -2.16. The Balaban J connectivity index is 1.09. The van der Waals surface area contributed by atoms with Crippen molar-refractivity contribution in [1.82, 2.24) is 18.3 Å². The van der Waals surface area contributed by atoms with Gasteiger partial charge in [0.05, 0.1) is 66.6 Å². The van der Waals surface area contributed by atoms with Crippen LogP contribution < -0.4 is 0 Å². The highest BCUT2D eigenvalue weighted by molar-refractivity contribution is 6.20. The molecule has 0 aliphatic heterocycles. The number of hydrogen-bond donors (Lipinski definition) is 0. The molecule has 0 atom stereocenters. The highest BCUT2D eigenvalue weighted by Crippen LogP contribution is 2.43. The summed E-state index contributed by atoms with van der Waals surface area (Å²) in [5, 5.41) is 31.0. The minimum Gasteiger partial charge on any atom is -0.309 e. The van der Waals surface area contributed by atoms with Gasteiger partial charge in [0.25, 0.3) is 0 Å². The zero-order valence-electron chi connectivity index (χ0n) is 33.2. The van der Waals surface area contributed by atoms with Gasteiger partial charge in [-0.1, -0.05) is 109 Å². The van der Waals surface area contributed by atoms with E-state index in [1.54, 1.807) is 0 Å². The lowest BCUT2D eigenvalue weighted by molar-refractivity contribution is 1.12. The molecule has 0 aliphatic carbocycles. The molecule has 0 amide bonds. The lowest BCUT2D eigenvalue weighted by atomic mass is 10.1. The van der Waals surface area contributed by atoms with Crippen molar-refractivity contribution in [2.45, 2.75) is 0 Å².